The largest absolute Gasteiger partial charge is 0.342 e. The van der Waals surface area contributed by atoms with Gasteiger partial charge in [-0.15, -0.1) is 0 Å². The van der Waals surface area contributed by atoms with Crippen molar-refractivity contribution in [1.29, 1.82) is 0 Å². The molecular formula is C15H15N3. The van der Waals surface area contributed by atoms with Crippen LogP contribution in [0.2, 0.25) is 0 Å². The Morgan fingerprint density at radius 3 is 2.44 bits per heavy atom. The summed E-state index contributed by atoms with van der Waals surface area (Å²) in [7, 11) is 0. The molecule has 0 amide bonds. The Hall–Kier alpha value is -2.13. The average molecular weight is 237 g/mol. The summed E-state index contributed by atoms with van der Waals surface area (Å²) in [6.45, 7) is 0.566. The molecule has 3 rings (SSSR count). The van der Waals surface area contributed by atoms with Crippen molar-refractivity contribution in [2.45, 2.75) is 13.0 Å². The van der Waals surface area contributed by atoms with Crippen molar-refractivity contribution in [3.05, 3.63) is 65.5 Å². The van der Waals surface area contributed by atoms with E-state index >= 15 is 0 Å². The number of H-pyrrole nitrogens is 1. The van der Waals surface area contributed by atoms with E-state index in [0.29, 0.717) is 6.54 Å². The molecule has 0 unspecified atom stereocenters. The lowest BCUT2D eigenvalue weighted by molar-refractivity contribution is 0.978. The van der Waals surface area contributed by atoms with E-state index in [1.54, 1.807) is 0 Å². The fraction of sp³-hybridized carbons (Fsp3) is 0.133. The van der Waals surface area contributed by atoms with Gasteiger partial charge in [0.25, 0.3) is 0 Å². The number of hydrogen-bond acceptors (Lipinski definition) is 2. The van der Waals surface area contributed by atoms with E-state index in [2.05, 4.69) is 22.1 Å². The summed E-state index contributed by atoms with van der Waals surface area (Å²) in [5.74, 6) is 0.983. The summed E-state index contributed by atoms with van der Waals surface area (Å²) in [5, 5.41) is 0. The predicted octanol–water partition coefficient (Wildman–Crippen LogP) is 2.61. The third kappa shape index (κ3) is 2.00. The van der Waals surface area contributed by atoms with Crippen molar-refractivity contribution in [3.8, 4) is 0 Å². The van der Waals surface area contributed by atoms with Crippen LogP contribution in [0.3, 0.4) is 0 Å². The molecule has 0 aliphatic rings. The van der Waals surface area contributed by atoms with Crippen molar-refractivity contribution >= 4 is 11.0 Å². The fourth-order valence-electron chi connectivity index (χ4n) is 2.20. The number of imidazole rings is 1. The molecule has 2 aromatic carbocycles. The number of benzene rings is 2. The number of nitrogens with one attached hydrogen (secondary N) is 1. The molecule has 0 atom stereocenters. The monoisotopic (exact) mass is 237 g/mol. The van der Waals surface area contributed by atoms with Crippen LogP contribution in [0.4, 0.5) is 0 Å². The molecule has 1 aromatic heterocycles. The van der Waals surface area contributed by atoms with Crippen molar-refractivity contribution in [2.24, 2.45) is 5.73 Å². The van der Waals surface area contributed by atoms with Gasteiger partial charge >= 0.3 is 0 Å². The number of fused-ring (bicyclic) bond motifs is 1. The van der Waals surface area contributed by atoms with Crippen LogP contribution < -0.4 is 5.73 Å². The minimum atomic E-state index is 0.566. The van der Waals surface area contributed by atoms with Gasteiger partial charge < -0.3 is 10.7 Å². The molecule has 18 heavy (non-hydrogen) atoms. The number of para-hydroxylation sites is 2. The van der Waals surface area contributed by atoms with Gasteiger partial charge in [0.05, 0.1) is 11.0 Å². The molecular weight excluding hydrogens is 222 g/mol. The molecule has 0 fully saturated rings. The number of aromatic nitrogens is 2. The van der Waals surface area contributed by atoms with Crippen LogP contribution in [-0.2, 0) is 13.0 Å². The molecule has 90 valence electrons. The van der Waals surface area contributed by atoms with Crippen LogP contribution in [0.1, 0.15) is 17.0 Å². The summed E-state index contributed by atoms with van der Waals surface area (Å²) < 4.78 is 0. The molecule has 0 saturated heterocycles. The van der Waals surface area contributed by atoms with Crippen LogP contribution in [0, 0.1) is 0 Å². The molecule has 0 saturated carbocycles. The topological polar surface area (TPSA) is 54.7 Å². The van der Waals surface area contributed by atoms with E-state index in [-0.39, 0.29) is 0 Å². The van der Waals surface area contributed by atoms with Crippen LogP contribution in [-0.4, -0.2) is 9.97 Å². The average Bonchev–Trinajstić information content (AvgIpc) is 2.81. The highest BCUT2D eigenvalue weighted by Gasteiger charge is 2.05. The summed E-state index contributed by atoms with van der Waals surface area (Å²) >= 11 is 0. The highest BCUT2D eigenvalue weighted by Crippen LogP contribution is 2.15. The van der Waals surface area contributed by atoms with Crippen LogP contribution >= 0.6 is 0 Å². The third-order valence-corrected chi connectivity index (χ3v) is 3.13. The first-order chi connectivity index (χ1) is 8.86. The Kier molecular flexibility index (Phi) is 2.82. The quantitative estimate of drug-likeness (QED) is 0.735. The highest BCUT2D eigenvalue weighted by molar-refractivity contribution is 5.74. The Morgan fingerprint density at radius 1 is 0.944 bits per heavy atom. The van der Waals surface area contributed by atoms with Crippen molar-refractivity contribution < 1.29 is 0 Å². The Bertz CT molecular complexity index is 637. The number of rotatable bonds is 3. The van der Waals surface area contributed by atoms with Crippen molar-refractivity contribution in [3.63, 3.8) is 0 Å². The first-order valence-corrected chi connectivity index (χ1v) is 6.07. The number of nitrogens with two attached hydrogens (primary N) is 1. The molecule has 0 radical (unpaired) electrons. The maximum atomic E-state index is 5.75. The van der Waals surface area contributed by atoms with Gasteiger partial charge in [0.1, 0.15) is 5.82 Å². The SMILES string of the molecule is NCc1ccccc1Cc1nc2ccccc2[nH]1. The molecule has 1 heterocycles. The fourth-order valence-corrected chi connectivity index (χ4v) is 2.20. The smallest absolute Gasteiger partial charge is 0.111 e. The van der Waals surface area contributed by atoms with E-state index in [0.717, 1.165) is 23.3 Å². The Morgan fingerprint density at radius 2 is 1.67 bits per heavy atom. The lowest BCUT2D eigenvalue weighted by atomic mass is 10.0. The Balaban J connectivity index is 1.96. The summed E-state index contributed by atoms with van der Waals surface area (Å²) in [6.07, 6.45) is 0.794. The summed E-state index contributed by atoms with van der Waals surface area (Å²) in [5.41, 5.74) is 10.3. The highest BCUT2D eigenvalue weighted by atomic mass is 14.9. The van der Waals surface area contributed by atoms with Gasteiger partial charge in [-0.2, -0.15) is 0 Å². The Labute approximate surface area is 106 Å². The normalized spacial score (nSPS) is 10.9. The van der Waals surface area contributed by atoms with E-state index < -0.39 is 0 Å². The van der Waals surface area contributed by atoms with E-state index in [1.807, 2.05) is 36.4 Å². The third-order valence-electron chi connectivity index (χ3n) is 3.13. The van der Waals surface area contributed by atoms with Gasteiger partial charge in [-0.25, -0.2) is 4.98 Å². The van der Waals surface area contributed by atoms with Crippen molar-refractivity contribution in [1.82, 2.24) is 9.97 Å². The minimum absolute atomic E-state index is 0.566. The number of aromatic amines is 1. The van der Waals surface area contributed by atoms with Gasteiger partial charge in [-0.3, -0.25) is 0 Å². The lowest BCUT2D eigenvalue weighted by Crippen LogP contribution is -2.02. The van der Waals surface area contributed by atoms with Crippen LogP contribution in [0.5, 0.6) is 0 Å². The number of hydrogen-bond donors (Lipinski definition) is 2. The molecule has 3 nitrogen and oxygen atoms in total. The van der Waals surface area contributed by atoms with Gasteiger partial charge in [-0.1, -0.05) is 36.4 Å². The van der Waals surface area contributed by atoms with E-state index in [1.165, 1.54) is 11.1 Å². The summed E-state index contributed by atoms with van der Waals surface area (Å²) in [6, 6.07) is 16.3. The van der Waals surface area contributed by atoms with Crippen LogP contribution in [0.25, 0.3) is 11.0 Å². The zero-order valence-corrected chi connectivity index (χ0v) is 10.1. The second-order valence-corrected chi connectivity index (χ2v) is 4.35. The molecule has 3 aromatic rings. The zero-order valence-electron chi connectivity index (χ0n) is 10.1. The van der Waals surface area contributed by atoms with Gasteiger partial charge in [0.2, 0.25) is 0 Å². The van der Waals surface area contributed by atoms with E-state index in [4.69, 9.17) is 5.73 Å². The molecule has 0 aliphatic carbocycles. The standard InChI is InChI=1S/C15H15N3/c16-10-12-6-2-1-5-11(12)9-15-17-13-7-3-4-8-14(13)18-15/h1-8H,9-10,16H2,(H,17,18). The first-order valence-electron chi connectivity index (χ1n) is 6.07. The molecule has 0 aliphatic heterocycles. The van der Waals surface area contributed by atoms with E-state index in [9.17, 15) is 0 Å². The second kappa shape index (κ2) is 4.63. The van der Waals surface area contributed by atoms with Crippen LogP contribution in [0.15, 0.2) is 48.5 Å². The zero-order chi connectivity index (χ0) is 12.4. The summed E-state index contributed by atoms with van der Waals surface area (Å²) in [4.78, 5) is 7.93. The maximum Gasteiger partial charge on any atom is 0.111 e. The molecule has 3 heteroatoms. The second-order valence-electron chi connectivity index (χ2n) is 4.35. The van der Waals surface area contributed by atoms with Gasteiger partial charge in [0.15, 0.2) is 0 Å². The molecule has 3 N–H and O–H groups in total. The van der Waals surface area contributed by atoms with Gasteiger partial charge in [-0.05, 0) is 23.3 Å². The number of nitrogens with zero attached hydrogens (tertiary/aromatic N) is 1. The molecule has 0 bridgehead atoms. The van der Waals surface area contributed by atoms with Crippen molar-refractivity contribution in [2.75, 3.05) is 0 Å². The maximum absolute atomic E-state index is 5.75. The molecule has 0 spiro atoms. The lowest BCUT2D eigenvalue weighted by Gasteiger charge is -2.05. The van der Waals surface area contributed by atoms with Gasteiger partial charge in [0, 0.05) is 13.0 Å². The minimum Gasteiger partial charge on any atom is -0.342 e. The first kappa shape index (κ1) is 11.0. The predicted molar refractivity (Wildman–Crippen MR) is 73.2 cm³/mol.